The molecule has 1 heterocycles. The van der Waals surface area contributed by atoms with Crippen molar-refractivity contribution < 1.29 is 13.2 Å². The van der Waals surface area contributed by atoms with Crippen LogP contribution in [0.4, 0.5) is 18.9 Å². The first kappa shape index (κ1) is 18.0. The second kappa shape index (κ2) is 6.78. The van der Waals surface area contributed by atoms with E-state index in [4.69, 9.17) is 11.6 Å². The maximum Gasteiger partial charge on any atom is 0.416 e. The van der Waals surface area contributed by atoms with Crippen LogP contribution in [0.5, 0.6) is 0 Å². The Hall–Kier alpha value is -1.10. The number of alkyl halides is 3. The van der Waals surface area contributed by atoms with Crippen molar-refractivity contribution in [3.05, 3.63) is 51.4 Å². The van der Waals surface area contributed by atoms with Crippen LogP contribution in [0.3, 0.4) is 0 Å². The Balaban J connectivity index is 0.00000220. The first-order chi connectivity index (χ1) is 9.34. The predicted octanol–water partition coefficient (Wildman–Crippen LogP) is 2.57. The molecule has 4 nitrogen and oxygen atoms in total. The summed E-state index contributed by atoms with van der Waals surface area (Å²) in [6.45, 7) is 0. The molecule has 9 heteroatoms. The predicted molar refractivity (Wildman–Crippen MR) is 75.1 cm³/mol. The summed E-state index contributed by atoms with van der Waals surface area (Å²) in [5, 5.41) is 6.32. The molecule has 0 saturated carbocycles. The number of halogens is 4. The second-order valence-corrected chi connectivity index (χ2v) is 4.27. The molecule has 1 aromatic carbocycles. The number of aromatic nitrogens is 2. The van der Waals surface area contributed by atoms with E-state index in [0.717, 1.165) is 16.8 Å². The van der Waals surface area contributed by atoms with E-state index in [1.165, 1.54) is 18.3 Å². The van der Waals surface area contributed by atoms with Gasteiger partial charge in [-0.15, -0.1) is 0 Å². The van der Waals surface area contributed by atoms with E-state index >= 15 is 0 Å². The Bertz CT molecular complexity index is 703. The Morgan fingerprint density at radius 3 is 2.57 bits per heavy atom. The van der Waals surface area contributed by atoms with Gasteiger partial charge in [0.05, 0.1) is 23.1 Å². The third-order valence-corrected chi connectivity index (χ3v) is 2.97. The van der Waals surface area contributed by atoms with E-state index in [0.29, 0.717) is 5.69 Å². The average molecular weight is 511 g/mol. The molecule has 0 aliphatic carbocycles. The minimum Gasteiger partial charge on any atom is -0.385 e. The molecule has 0 bridgehead atoms. The normalized spacial score (nSPS) is 10.9. The minimum absolute atomic E-state index is 0. The molecule has 0 aliphatic heterocycles. The monoisotopic (exact) mass is 511 g/mol. The third-order valence-electron chi connectivity index (χ3n) is 2.61. The van der Waals surface area contributed by atoms with Crippen LogP contribution in [0.1, 0.15) is 5.56 Å². The van der Waals surface area contributed by atoms with Gasteiger partial charge in [-0.1, -0.05) is 17.7 Å². The van der Waals surface area contributed by atoms with Gasteiger partial charge in [0.2, 0.25) is 0 Å². The Morgan fingerprint density at radius 1 is 1.33 bits per heavy atom. The van der Waals surface area contributed by atoms with E-state index in [9.17, 15) is 18.0 Å². The zero-order chi connectivity index (χ0) is 14.9. The van der Waals surface area contributed by atoms with Crippen molar-refractivity contribution in [3.63, 3.8) is 0 Å². The number of hydrogen-bond donors (Lipinski definition) is 1. The quantitative estimate of drug-likeness (QED) is 0.632. The van der Waals surface area contributed by atoms with E-state index < -0.39 is 17.3 Å². The average Bonchev–Trinajstić information content (AvgIpc) is 2.41. The van der Waals surface area contributed by atoms with E-state index in [1.807, 2.05) is 0 Å². The summed E-state index contributed by atoms with van der Waals surface area (Å²) >= 11 is 5.82. The maximum atomic E-state index is 12.6. The first-order valence-electron chi connectivity index (χ1n) is 5.48. The Labute approximate surface area is 143 Å². The molecular weight excluding hydrogens is 502 g/mol. The van der Waals surface area contributed by atoms with Crippen LogP contribution in [-0.2, 0) is 6.18 Å². The van der Waals surface area contributed by atoms with Crippen molar-refractivity contribution in [1.29, 1.82) is 0 Å². The third kappa shape index (κ3) is 3.76. The fourth-order valence-corrected chi connectivity index (χ4v) is 1.83. The smallest absolute Gasteiger partial charge is 0.385 e. The van der Waals surface area contributed by atoms with E-state index in [-0.39, 0.29) is 38.0 Å². The van der Waals surface area contributed by atoms with E-state index in [2.05, 4.69) is 10.4 Å². The van der Waals surface area contributed by atoms with Crippen molar-refractivity contribution in [2.75, 3.05) is 12.4 Å². The van der Waals surface area contributed by atoms with Gasteiger partial charge in [-0.2, -0.15) is 23.0 Å². The molecule has 0 saturated heterocycles. The molecular formula is C12H9ClF3N3OPb. The number of rotatable bonds is 2. The van der Waals surface area contributed by atoms with Crippen LogP contribution >= 0.6 is 11.6 Å². The summed E-state index contributed by atoms with van der Waals surface area (Å²) in [5.41, 5.74) is -1.26. The molecule has 2 rings (SSSR count). The fraction of sp³-hybridized carbons (Fsp3) is 0.167. The van der Waals surface area contributed by atoms with Crippen LogP contribution in [0.2, 0.25) is 5.02 Å². The van der Waals surface area contributed by atoms with Gasteiger partial charge in [0.25, 0.3) is 5.56 Å². The molecule has 0 amide bonds. The molecule has 0 fully saturated rings. The topological polar surface area (TPSA) is 46.9 Å². The van der Waals surface area contributed by atoms with Gasteiger partial charge >= 0.3 is 6.18 Å². The summed E-state index contributed by atoms with van der Waals surface area (Å²) < 4.78 is 38.7. The fourth-order valence-electron chi connectivity index (χ4n) is 1.60. The van der Waals surface area contributed by atoms with Crippen molar-refractivity contribution in [2.45, 2.75) is 6.18 Å². The molecule has 0 aliphatic rings. The molecule has 0 atom stereocenters. The molecule has 0 unspecified atom stereocenters. The van der Waals surface area contributed by atoms with Crippen LogP contribution in [0.25, 0.3) is 5.69 Å². The van der Waals surface area contributed by atoms with Crippen LogP contribution in [0.15, 0.2) is 35.3 Å². The van der Waals surface area contributed by atoms with Gasteiger partial charge < -0.3 is 5.32 Å². The summed E-state index contributed by atoms with van der Waals surface area (Å²) in [7, 11) is 1.55. The standard InChI is InChI=1S/C12H9ClF3N3O.Pb/c1-17-9-6-18-19(11(20)10(9)13)8-4-2-3-7(5-8)12(14,15)16;/h2-6,17H,1H3;. The van der Waals surface area contributed by atoms with Gasteiger partial charge in [-0.3, -0.25) is 4.79 Å². The number of hydrogen-bond acceptors (Lipinski definition) is 3. The summed E-state index contributed by atoms with van der Waals surface area (Å²) in [6.07, 6.45) is -3.22. The van der Waals surface area contributed by atoms with Gasteiger partial charge in [0.15, 0.2) is 0 Å². The minimum atomic E-state index is -4.49. The molecule has 0 spiro atoms. The van der Waals surface area contributed by atoms with Gasteiger partial charge in [0, 0.05) is 34.3 Å². The molecule has 110 valence electrons. The second-order valence-electron chi connectivity index (χ2n) is 3.89. The first-order valence-corrected chi connectivity index (χ1v) is 5.85. The Kier molecular flexibility index (Phi) is 5.79. The van der Waals surface area contributed by atoms with Crippen LogP contribution in [0, 0.1) is 0 Å². The summed E-state index contributed by atoms with van der Waals surface area (Å²) in [4.78, 5) is 12.0. The molecule has 1 N–H and O–H groups in total. The largest absolute Gasteiger partial charge is 0.416 e. The zero-order valence-corrected chi connectivity index (χ0v) is 15.3. The molecule has 4 radical (unpaired) electrons. The van der Waals surface area contributed by atoms with Gasteiger partial charge in [0.1, 0.15) is 5.02 Å². The van der Waals surface area contributed by atoms with E-state index in [1.54, 1.807) is 7.05 Å². The zero-order valence-electron chi connectivity index (χ0n) is 10.7. The number of nitrogens with one attached hydrogen (secondary N) is 1. The van der Waals surface area contributed by atoms with Crippen molar-refractivity contribution in [2.24, 2.45) is 0 Å². The van der Waals surface area contributed by atoms with Gasteiger partial charge in [-0.25, -0.2) is 0 Å². The molecule has 1 aromatic heterocycles. The van der Waals surface area contributed by atoms with Crippen molar-refractivity contribution >= 4 is 44.6 Å². The van der Waals surface area contributed by atoms with Crippen LogP contribution < -0.4 is 10.9 Å². The Morgan fingerprint density at radius 2 is 2.00 bits per heavy atom. The molecule has 2 aromatic rings. The number of nitrogens with zero attached hydrogens (tertiary/aromatic N) is 2. The van der Waals surface area contributed by atoms with Gasteiger partial charge in [-0.05, 0) is 18.2 Å². The summed E-state index contributed by atoms with van der Waals surface area (Å²) in [5.74, 6) is 0. The number of anilines is 1. The number of benzene rings is 1. The van der Waals surface area contributed by atoms with Crippen molar-refractivity contribution in [3.8, 4) is 5.69 Å². The molecule has 21 heavy (non-hydrogen) atoms. The maximum absolute atomic E-state index is 12.6. The van der Waals surface area contributed by atoms with Crippen molar-refractivity contribution in [1.82, 2.24) is 9.78 Å². The summed E-state index contributed by atoms with van der Waals surface area (Å²) in [6, 6.07) is 4.30. The van der Waals surface area contributed by atoms with Crippen LogP contribution in [-0.4, -0.2) is 44.1 Å². The SMILES string of the molecule is CNc1cnn(-c2cccc(C(F)(F)F)c2)c(=O)c1Cl.[Pb].